The van der Waals surface area contributed by atoms with Gasteiger partial charge in [0.25, 0.3) is 5.91 Å². The zero-order valence-electron chi connectivity index (χ0n) is 10.4. The zero-order chi connectivity index (χ0) is 12.8. The summed E-state index contributed by atoms with van der Waals surface area (Å²) in [4.78, 5) is 11.7. The molecule has 0 heterocycles. The van der Waals surface area contributed by atoms with Crippen LogP contribution in [0, 0.1) is 0 Å². The third-order valence-electron chi connectivity index (χ3n) is 2.39. The molecule has 1 unspecified atom stereocenters. The second kappa shape index (κ2) is 6.10. The molecule has 1 aromatic carbocycles. The molecular weight excluding hydrogens is 222 g/mol. The van der Waals surface area contributed by atoms with Crippen molar-refractivity contribution in [2.24, 2.45) is 0 Å². The number of rotatable bonds is 5. The van der Waals surface area contributed by atoms with E-state index in [1.54, 1.807) is 32.2 Å². The fourth-order valence-electron chi connectivity index (χ4n) is 1.25. The van der Waals surface area contributed by atoms with Crippen LogP contribution in [0.2, 0.25) is 0 Å². The maximum absolute atomic E-state index is 11.7. The fourth-order valence-corrected chi connectivity index (χ4v) is 1.25. The Morgan fingerprint density at radius 2 is 1.94 bits per heavy atom. The van der Waals surface area contributed by atoms with Crippen molar-refractivity contribution in [1.82, 2.24) is 0 Å². The molecule has 0 saturated heterocycles. The molecule has 0 aliphatic carbocycles. The average Bonchev–Trinajstić information content (AvgIpc) is 2.37. The molecule has 1 aromatic rings. The number of carbonyl (C=O) groups excluding carboxylic acids is 1. The number of carbonyl (C=O) groups is 1. The van der Waals surface area contributed by atoms with Gasteiger partial charge in [0.1, 0.15) is 17.6 Å². The van der Waals surface area contributed by atoms with Gasteiger partial charge in [0.15, 0.2) is 0 Å². The topological polar surface area (TPSA) is 56.8 Å². The maximum Gasteiger partial charge on any atom is 0.253 e. The van der Waals surface area contributed by atoms with Crippen molar-refractivity contribution in [1.29, 1.82) is 0 Å². The molecule has 94 valence electrons. The van der Waals surface area contributed by atoms with E-state index in [0.717, 1.165) is 0 Å². The van der Waals surface area contributed by atoms with Crippen LogP contribution in [0.25, 0.3) is 0 Å². The van der Waals surface area contributed by atoms with Gasteiger partial charge in [-0.2, -0.15) is 0 Å². The lowest BCUT2D eigenvalue weighted by Gasteiger charge is -2.14. The Hall–Kier alpha value is -1.75. The highest BCUT2D eigenvalue weighted by molar-refractivity contribution is 5.95. The average molecular weight is 239 g/mol. The van der Waals surface area contributed by atoms with Crippen molar-refractivity contribution in [2.45, 2.75) is 13.0 Å². The molecule has 0 radical (unpaired) electrons. The Labute approximate surface area is 101 Å². The van der Waals surface area contributed by atoms with Crippen molar-refractivity contribution in [3.63, 3.8) is 0 Å². The van der Waals surface area contributed by atoms with Crippen molar-refractivity contribution in [3.05, 3.63) is 18.2 Å². The van der Waals surface area contributed by atoms with Crippen LogP contribution < -0.4 is 14.8 Å². The van der Waals surface area contributed by atoms with Crippen molar-refractivity contribution >= 4 is 11.6 Å². The number of hydrogen-bond acceptors (Lipinski definition) is 4. The smallest absolute Gasteiger partial charge is 0.253 e. The van der Waals surface area contributed by atoms with Gasteiger partial charge in [0, 0.05) is 13.2 Å². The number of hydrogen-bond donors (Lipinski definition) is 1. The minimum absolute atomic E-state index is 0.237. The van der Waals surface area contributed by atoms with E-state index in [2.05, 4.69) is 5.32 Å². The summed E-state index contributed by atoms with van der Waals surface area (Å²) in [6, 6.07) is 5.18. The van der Waals surface area contributed by atoms with E-state index in [0.29, 0.717) is 17.2 Å². The molecule has 1 N–H and O–H groups in total. The van der Waals surface area contributed by atoms with Gasteiger partial charge in [0.05, 0.1) is 19.9 Å². The fraction of sp³-hybridized carbons (Fsp3) is 0.417. The van der Waals surface area contributed by atoms with Crippen LogP contribution in [-0.2, 0) is 9.53 Å². The van der Waals surface area contributed by atoms with Crippen LogP contribution in [0.1, 0.15) is 6.92 Å². The largest absolute Gasteiger partial charge is 0.497 e. The van der Waals surface area contributed by atoms with Crippen LogP contribution >= 0.6 is 0 Å². The van der Waals surface area contributed by atoms with Gasteiger partial charge in [-0.1, -0.05) is 0 Å². The highest BCUT2D eigenvalue weighted by Crippen LogP contribution is 2.28. The molecule has 0 spiro atoms. The van der Waals surface area contributed by atoms with Gasteiger partial charge in [-0.25, -0.2) is 0 Å². The number of anilines is 1. The first-order chi connectivity index (χ1) is 8.12. The molecule has 5 heteroatoms. The van der Waals surface area contributed by atoms with E-state index < -0.39 is 6.10 Å². The Morgan fingerprint density at radius 3 is 2.47 bits per heavy atom. The summed E-state index contributed by atoms with van der Waals surface area (Å²) in [6.07, 6.45) is -0.522. The molecule has 0 fully saturated rings. The Morgan fingerprint density at radius 1 is 1.24 bits per heavy atom. The lowest BCUT2D eigenvalue weighted by atomic mass is 10.2. The number of amides is 1. The van der Waals surface area contributed by atoms with Crippen molar-refractivity contribution < 1.29 is 19.0 Å². The molecule has 17 heavy (non-hydrogen) atoms. The Balaban J connectivity index is 2.91. The molecule has 1 rings (SSSR count). The highest BCUT2D eigenvalue weighted by atomic mass is 16.5. The monoisotopic (exact) mass is 239 g/mol. The molecule has 0 aliphatic rings. The molecule has 5 nitrogen and oxygen atoms in total. The van der Waals surface area contributed by atoms with Crippen LogP contribution in [0.4, 0.5) is 5.69 Å². The first-order valence-electron chi connectivity index (χ1n) is 5.18. The maximum atomic E-state index is 11.7. The van der Waals surface area contributed by atoms with E-state index in [4.69, 9.17) is 14.2 Å². The van der Waals surface area contributed by atoms with E-state index in [1.165, 1.54) is 14.2 Å². The first-order valence-corrected chi connectivity index (χ1v) is 5.18. The molecule has 1 atom stereocenters. The summed E-state index contributed by atoms with van der Waals surface area (Å²) in [7, 11) is 4.58. The quantitative estimate of drug-likeness (QED) is 0.849. The van der Waals surface area contributed by atoms with Crippen molar-refractivity contribution in [3.8, 4) is 11.5 Å². The summed E-state index contributed by atoms with van der Waals surface area (Å²) in [5.41, 5.74) is 0.556. The van der Waals surface area contributed by atoms with Crippen LogP contribution in [0.15, 0.2) is 18.2 Å². The summed E-state index contributed by atoms with van der Waals surface area (Å²) >= 11 is 0. The third-order valence-corrected chi connectivity index (χ3v) is 2.39. The normalized spacial score (nSPS) is 11.8. The van der Waals surface area contributed by atoms with Gasteiger partial charge in [-0.15, -0.1) is 0 Å². The molecule has 0 aromatic heterocycles. The standard InChI is InChI=1S/C12H17NO4/c1-8(15-2)12(14)13-10-7-9(16-3)5-6-11(10)17-4/h5-8H,1-4H3,(H,13,14). The SMILES string of the molecule is COc1ccc(OC)c(NC(=O)C(C)OC)c1. The lowest BCUT2D eigenvalue weighted by molar-refractivity contribution is -0.124. The minimum Gasteiger partial charge on any atom is -0.497 e. The minimum atomic E-state index is -0.522. The molecule has 0 aliphatic heterocycles. The number of ether oxygens (including phenoxy) is 3. The van der Waals surface area contributed by atoms with E-state index >= 15 is 0 Å². The van der Waals surface area contributed by atoms with Crippen LogP contribution in [-0.4, -0.2) is 33.3 Å². The van der Waals surface area contributed by atoms with Crippen LogP contribution in [0.3, 0.4) is 0 Å². The van der Waals surface area contributed by atoms with Gasteiger partial charge in [0.2, 0.25) is 0 Å². The van der Waals surface area contributed by atoms with E-state index in [-0.39, 0.29) is 5.91 Å². The molecule has 0 bridgehead atoms. The number of methoxy groups -OCH3 is 3. The second-order valence-corrected chi connectivity index (χ2v) is 3.43. The van der Waals surface area contributed by atoms with Gasteiger partial charge >= 0.3 is 0 Å². The third kappa shape index (κ3) is 3.35. The van der Waals surface area contributed by atoms with E-state index in [1.807, 2.05) is 0 Å². The summed E-state index contributed by atoms with van der Waals surface area (Å²) in [5.74, 6) is 0.979. The van der Waals surface area contributed by atoms with E-state index in [9.17, 15) is 4.79 Å². The molecule has 1 amide bonds. The second-order valence-electron chi connectivity index (χ2n) is 3.43. The summed E-state index contributed by atoms with van der Waals surface area (Å²) in [6.45, 7) is 1.67. The summed E-state index contributed by atoms with van der Waals surface area (Å²) in [5, 5.41) is 2.72. The lowest BCUT2D eigenvalue weighted by Crippen LogP contribution is -2.26. The molecular formula is C12H17NO4. The predicted molar refractivity (Wildman–Crippen MR) is 64.6 cm³/mol. The van der Waals surface area contributed by atoms with Crippen molar-refractivity contribution in [2.75, 3.05) is 26.6 Å². The Bertz CT molecular complexity index is 392. The van der Waals surface area contributed by atoms with Gasteiger partial charge in [-0.3, -0.25) is 4.79 Å². The molecule has 0 saturated carbocycles. The Kier molecular flexibility index (Phi) is 4.78. The first kappa shape index (κ1) is 13.3. The highest BCUT2D eigenvalue weighted by Gasteiger charge is 2.14. The number of benzene rings is 1. The van der Waals surface area contributed by atoms with Crippen LogP contribution in [0.5, 0.6) is 11.5 Å². The zero-order valence-corrected chi connectivity index (χ0v) is 10.4. The summed E-state index contributed by atoms with van der Waals surface area (Å²) < 4.78 is 15.2. The van der Waals surface area contributed by atoms with Gasteiger partial charge < -0.3 is 19.5 Å². The number of nitrogens with one attached hydrogen (secondary N) is 1. The predicted octanol–water partition coefficient (Wildman–Crippen LogP) is 1.68. The van der Waals surface area contributed by atoms with Gasteiger partial charge in [-0.05, 0) is 19.1 Å².